The number of carboxylic acids is 1. The van der Waals surface area contributed by atoms with E-state index >= 15 is 0 Å². The van der Waals surface area contributed by atoms with Crippen LogP contribution in [0.1, 0.15) is 28.8 Å². The Morgan fingerprint density at radius 3 is 2.38 bits per heavy atom. The average Bonchev–Trinajstić information content (AvgIpc) is 3.44. The van der Waals surface area contributed by atoms with Crippen molar-refractivity contribution < 1.29 is 23.1 Å². The number of aliphatic carboxylic acids is 1. The minimum atomic E-state index is -3.52. The van der Waals surface area contributed by atoms with Crippen LogP contribution in [0.15, 0.2) is 59.5 Å². The zero-order chi connectivity index (χ0) is 18.7. The number of rotatable bonds is 7. The van der Waals surface area contributed by atoms with Gasteiger partial charge in [-0.3, -0.25) is 4.79 Å². The van der Waals surface area contributed by atoms with Crippen LogP contribution in [0, 0.1) is 5.92 Å². The number of hydrogen-bond acceptors (Lipinski definition) is 4. The van der Waals surface area contributed by atoms with E-state index in [1.807, 2.05) is 0 Å². The molecule has 136 valence electrons. The molecule has 0 heterocycles. The molecule has 0 aliphatic heterocycles. The Balaban J connectivity index is 1.76. The van der Waals surface area contributed by atoms with Crippen LogP contribution in [0.25, 0.3) is 0 Å². The van der Waals surface area contributed by atoms with E-state index in [4.69, 9.17) is 0 Å². The molecule has 2 aromatic rings. The lowest BCUT2D eigenvalue weighted by Gasteiger charge is -2.14. The first-order valence-corrected chi connectivity index (χ1v) is 9.92. The number of benzene rings is 2. The summed E-state index contributed by atoms with van der Waals surface area (Å²) in [4.78, 5) is 23.8. The molecule has 2 N–H and O–H groups in total. The van der Waals surface area contributed by atoms with Crippen LogP contribution in [0.5, 0.6) is 0 Å². The van der Waals surface area contributed by atoms with Crippen LogP contribution in [-0.2, 0) is 20.4 Å². The van der Waals surface area contributed by atoms with Gasteiger partial charge < -0.3 is 10.4 Å². The number of sulfone groups is 1. The number of carbonyl (C=O) groups is 2. The molecular formula is C19H19NO5S. The van der Waals surface area contributed by atoms with Gasteiger partial charge in [-0.1, -0.05) is 30.3 Å². The van der Waals surface area contributed by atoms with Gasteiger partial charge in [0.1, 0.15) is 6.04 Å². The molecule has 1 amide bonds. The number of nitrogens with one attached hydrogen (secondary N) is 1. The molecule has 3 rings (SSSR count). The highest BCUT2D eigenvalue weighted by Gasteiger charge is 2.37. The molecule has 0 bridgehead atoms. The number of carboxylic acid groups (broad SMARTS) is 1. The Bertz CT molecular complexity index is 920. The van der Waals surface area contributed by atoms with Gasteiger partial charge in [-0.2, -0.15) is 0 Å². The fourth-order valence-electron chi connectivity index (χ4n) is 2.77. The molecule has 1 aliphatic carbocycles. The van der Waals surface area contributed by atoms with Crippen LogP contribution in [-0.4, -0.2) is 31.4 Å². The van der Waals surface area contributed by atoms with E-state index in [0.717, 1.165) is 12.8 Å². The van der Waals surface area contributed by atoms with Crippen molar-refractivity contribution in [2.24, 2.45) is 5.92 Å². The molecule has 0 radical (unpaired) electrons. The fraction of sp³-hybridized carbons (Fsp3) is 0.263. The highest BCUT2D eigenvalue weighted by atomic mass is 32.2. The van der Waals surface area contributed by atoms with E-state index in [-0.39, 0.29) is 22.1 Å². The van der Waals surface area contributed by atoms with E-state index in [9.17, 15) is 23.1 Å². The van der Waals surface area contributed by atoms with Gasteiger partial charge >= 0.3 is 5.97 Å². The van der Waals surface area contributed by atoms with E-state index in [2.05, 4.69) is 5.32 Å². The monoisotopic (exact) mass is 373 g/mol. The second-order valence-electron chi connectivity index (χ2n) is 6.40. The molecular weight excluding hydrogens is 354 g/mol. The molecule has 1 aliphatic rings. The van der Waals surface area contributed by atoms with Crippen molar-refractivity contribution in [2.75, 3.05) is 0 Å². The van der Waals surface area contributed by atoms with E-state index in [1.165, 1.54) is 18.2 Å². The van der Waals surface area contributed by atoms with Crippen molar-refractivity contribution in [1.29, 1.82) is 0 Å². The predicted molar refractivity (Wildman–Crippen MR) is 95.4 cm³/mol. The van der Waals surface area contributed by atoms with Gasteiger partial charge in [-0.05, 0) is 48.6 Å². The van der Waals surface area contributed by atoms with Crippen molar-refractivity contribution in [1.82, 2.24) is 5.32 Å². The highest BCUT2D eigenvalue weighted by molar-refractivity contribution is 7.90. The summed E-state index contributed by atoms with van der Waals surface area (Å²) in [7, 11) is -3.52. The second-order valence-corrected chi connectivity index (χ2v) is 8.39. The van der Waals surface area contributed by atoms with Crippen LogP contribution >= 0.6 is 0 Å². The minimum absolute atomic E-state index is 0.0295. The summed E-state index contributed by atoms with van der Waals surface area (Å²) in [5.41, 5.74) is 0.720. The number of hydrogen-bond donors (Lipinski definition) is 2. The van der Waals surface area contributed by atoms with Crippen molar-refractivity contribution in [2.45, 2.75) is 29.5 Å². The number of carbonyl (C=O) groups excluding carboxylic acids is 1. The summed E-state index contributed by atoms with van der Waals surface area (Å²) < 4.78 is 24.9. The largest absolute Gasteiger partial charge is 0.480 e. The summed E-state index contributed by atoms with van der Waals surface area (Å²) >= 11 is 0. The molecule has 0 spiro atoms. The Labute approximate surface area is 151 Å². The maximum absolute atomic E-state index is 12.5. The van der Waals surface area contributed by atoms with E-state index in [0.29, 0.717) is 5.56 Å². The van der Waals surface area contributed by atoms with Gasteiger partial charge in [-0.15, -0.1) is 0 Å². The summed E-state index contributed by atoms with van der Waals surface area (Å²) in [6.45, 7) is 0. The van der Waals surface area contributed by atoms with E-state index < -0.39 is 27.8 Å². The number of amides is 1. The Morgan fingerprint density at radius 2 is 1.77 bits per heavy atom. The molecule has 1 fully saturated rings. The first-order valence-electron chi connectivity index (χ1n) is 8.27. The minimum Gasteiger partial charge on any atom is -0.480 e. The lowest BCUT2D eigenvalue weighted by atomic mass is 10.1. The van der Waals surface area contributed by atoms with Crippen LogP contribution in [0.3, 0.4) is 0 Å². The van der Waals surface area contributed by atoms with E-state index in [1.54, 1.807) is 36.4 Å². The maximum Gasteiger partial charge on any atom is 0.326 e. The fourth-order valence-corrected chi connectivity index (χ4v) is 4.13. The first-order chi connectivity index (χ1) is 12.4. The summed E-state index contributed by atoms with van der Waals surface area (Å²) in [5, 5.41) is 11.7. The van der Waals surface area contributed by atoms with Crippen molar-refractivity contribution >= 4 is 21.7 Å². The molecule has 2 aromatic carbocycles. The molecule has 1 unspecified atom stereocenters. The highest BCUT2D eigenvalue weighted by Crippen LogP contribution is 2.32. The SMILES string of the molecule is O=C(NC(C(=O)O)C1CC1)c1cccc(CS(=O)(=O)c2ccccc2)c1. The topological polar surface area (TPSA) is 101 Å². The molecule has 26 heavy (non-hydrogen) atoms. The van der Waals surface area contributed by atoms with Gasteiger partial charge in [-0.25, -0.2) is 13.2 Å². The van der Waals surface area contributed by atoms with Gasteiger partial charge in [0, 0.05) is 5.56 Å². The molecule has 6 nitrogen and oxygen atoms in total. The molecule has 7 heteroatoms. The average molecular weight is 373 g/mol. The summed E-state index contributed by atoms with van der Waals surface area (Å²) in [6.07, 6.45) is 1.57. The van der Waals surface area contributed by atoms with Gasteiger partial charge in [0.05, 0.1) is 10.6 Å². The smallest absolute Gasteiger partial charge is 0.326 e. The Kier molecular flexibility index (Phi) is 5.08. The maximum atomic E-state index is 12.5. The molecule has 0 saturated heterocycles. The predicted octanol–water partition coefficient (Wildman–Crippen LogP) is 2.25. The van der Waals surface area contributed by atoms with Gasteiger partial charge in [0.25, 0.3) is 5.91 Å². The zero-order valence-electron chi connectivity index (χ0n) is 14.0. The summed E-state index contributed by atoms with van der Waals surface area (Å²) in [6, 6.07) is 13.5. The molecule has 1 saturated carbocycles. The normalized spacial score (nSPS) is 15.2. The van der Waals surface area contributed by atoms with Crippen LogP contribution in [0.4, 0.5) is 0 Å². The van der Waals surface area contributed by atoms with Gasteiger partial charge in [0.15, 0.2) is 9.84 Å². The Hall–Kier alpha value is -2.67. The van der Waals surface area contributed by atoms with Crippen molar-refractivity contribution in [3.05, 3.63) is 65.7 Å². The van der Waals surface area contributed by atoms with Crippen molar-refractivity contribution in [3.63, 3.8) is 0 Å². The van der Waals surface area contributed by atoms with Gasteiger partial charge in [0.2, 0.25) is 0 Å². The van der Waals surface area contributed by atoms with Crippen molar-refractivity contribution in [3.8, 4) is 0 Å². The zero-order valence-corrected chi connectivity index (χ0v) is 14.8. The second kappa shape index (κ2) is 7.29. The van der Waals surface area contributed by atoms with Crippen LogP contribution < -0.4 is 5.32 Å². The molecule has 1 atom stereocenters. The standard InChI is InChI=1S/C19H19NO5S/c21-18(20-17(19(22)23)14-9-10-14)15-6-4-5-13(11-15)12-26(24,25)16-7-2-1-3-8-16/h1-8,11,14,17H,9-10,12H2,(H,20,21)(H,22,23). The molecule has 0 aromatic heterocycles. The lowest BCUT2D eigenvalue weighted by molar-refractivity contribution is -0.139. The summed E-state index contributed by atoms with van der Waals surface area (Å²) in [5.74, 6) is -1.83. The third-order valence-corrected chi connectivity index (χ3v) is 6.00. The quantitative estimate of drug-likeness (QED) is 0.775. The van der Waals surface area contributed by atoms with Crippen LogP contribution in [0.2, 0.25) is 0 Å². The third-order valence-electron chi connectivity index (χ3n) is 4.29. The Morgan fingerprint density at radius 1 is 1.08 bits per heavy atom. The first kappa shape index (κ1) is 18.1. The third kappa shape index (κ3) is 4.29. The lowest BCUT2D eigenvalue weighted by Crippen LogP contribution is -2.42.